The topological polar surface area (TPSA) is 82.0 Å². The van der Waals surface area contributed by atoms with Gasteiger partial charge in [-0.1, -0.05) is 0 Å². The summed E-state index contributed by atoms with van der Waals surface area (Å²) in [7, 11) is 1.83. The monoisotopic (exact) mass is 458 g/mol. The third-order valence-corrected chi connectivity index (χ3v) is 8.11. The summed E-state index contributed by atoms with van der Waals surface area (Å²) in [6.07, 6.45) is 6.23. The molecule has 3 aliphatic rings. The SMILES string of the molecule is Cn1c(-c2cc3cccnc3n2CC2CC2)nc2cc(C(=O)N3C[C@H]4CC[C@@H]3[C@@H]4N)cc(F)c21. The summed E-state index contributed by atoms with van der Waals surface area (Å²) < 4.78 is 19.4. The number of carbonyl (C=O) groups is 1. The molecule has 7 nitrogen and oxygen atoms in total. The molecular formula is C26H27FN6O. The molecule has 3 atom stereocenters. The fraction of sp³-hybridized carbons (Fsp3) is 0.423. The molecule has 4 aromatic rings. The Bertz CT molecular complexity index is 1470. The van der Waals surface area contributed by atoms with Gasteiger partial charge in [-0.05, 0) is 67.9 Å². The number of pyridine rings is 1. The summed E-state index contributed by atoms with van der Waals surface area (Å²) in [4.78, 5) is 24.6. The highest BCUT2D eigenvalue weighted by molar-refractivity contribution is 5.98. The highest BCUT2D eigenvalue weighted by Gasteiger charge is 2.47. The quantitative estimate of drug-likeness (QED) is 0.506. The smallest absolute Gasteiger partial charge is 0.254 e. The van der Waals surface area contributed by atoms with Crippen molar-refractivity contribution in [2.24, 2.45) is 24.6 Å². The zero-order valence-corrected chi connectivity index (χ0v) is 19.1. The van der Waals surface area contributed by atoms with Gasteiger partial charge in [0.2, 0.25) is 0 Å². The third kappa shape index (κ3) is 2.87. The maximum atomic E-state index is 15.4. The van der Waals surface area contributed by atoms with Gasteiger partial charge in [0.05, 0.1) is 11.2 Å². The summed E-state index contributed by atoms with van der Waals surface area (Å²) in [6, 6.07) is 9.23. The lowest BCUT2D eigenvalue weighted by atomic mass is 10.1. The Labute approximate surface area is 196 Å². The predicted molar refractivity (Wildman–Crippen MR) is 128 cm³/mol. The minimum atomic E-state index is -0.432. The molecule has 2 bridgehead atoms. The Morgan fingerprint density at radius 1 is 1.21 bits per heavy atom. The molecule has 0 spiro atoms. The van der Waals surface area contributed by atoms with Gasteiger partial charge < -0.3 is 19.8 Å². The number of carbonyl (C=O) groups excluding carboxylic acids is 1. The lowest BCUT2D eigenvalue weighted by Gasteiger charge is -2.27. The van der Waals surface area contributed by atoms with Crippen LogP contribution in [0.4, 0.5) is 4.39 Å². The van der Waals surface area contributed by atoms with Crippen LogP contribution in [0.15, 0.2) is 36.5 Å². The average molecular weight is 459 g/mol. The van der Waals surface area contributed by atoms with E-state index in [1.807, 2.05) is 24.1 Å². The van der Waals surface area contributed by atoms with E-state index in [2.05, 4.69) is 15.6 Å². The molecule has 0 unspecified atom stereocenters. The molecule has 2 aliphatic carbocycles. The number of hydrogen-bond acceptors (Lipinski definition) is 4. The van der Waals surface area contributed by atoms with Crippen molar-refractivity contribution in [3.8, 4) is 11.5 Å². The van der Waals surface area contributed by atoms with Crippen molar-refractivity contribution >= 4 is 28.0 Å². The Kier molecular flexibility index (Phi) is 4.22. The Morgan fingerprint density at radius 2 is 2.06 bits per heavy atom. The molecule has 4 heterocycles. The van der Waals surface area contributed by atoms with Crippen LogP contribution in [0.2, 0.25) is 0 Å². The molecule has 1 saturated heterocycles. The standard InChI is InChI=1S/C26H27FN6O/c1-31-23-18(27)9-17(26(34)33-13-16-6-7-20(33)22(16)28)10-19(23)30-25(31)21-11-15-3-2-8-29-24(15)32(21)12-14-4-5-14/h2-3,8-11,14,16,20,22H,4-7,12-13,28H2,1H3/t16-,20-,22-/m1/s1. The molecule has 1 aromatic carbocycles. The molecule has 1 amide bonds. The van der Waals surface area contributed by atoms with Gasteiger partial charge in [-0.25, -0.2) is 14.4 Å². The van der Waals surface area contributed by atoms with Crippen LogP contribution >= 0.6 is 0 Å². The number of imidazole rings is 1. The fourth-order valence-electron chi connectivity index (χ4n) is 6.11. The molecule has 7 rings (SSSR count). The number of nitrogens with zero attached hydrogens (tertiary/aromatic N) is 5. The molecule has 2 N–H and O–H groups in total. The van der Waals surface area contributed by atoms with E-state index in [1.165, 1.54) is 18.9 Å². The summed E-state index contributed by atoms with van der Waals surface area (Å²) in [5.41, 5.74) is 9.38. The molecule has 3 aromatic heterocycles. The van der Waals surface area contributed by atoms with Crippen molar-refractivity contribution in [3.63, 3.8) is 0 Å². The second kappa shape index (κ2) is 7.12. The van der Waals surface area contributed by atoms with Gasteiger partial charge in [0, 0.05) is 49.4 Å². The lowest BCUT2D eigenvalue weighted by Crippen LogP contribution is -2.41. The first-order chi connectivity index (χ1) is 16.5. The minimum Gasteiger partial charge on any atom is -0.334 e. The summed E-state index contributed by atoms with van der Waals surface area (Å²) in [6.45, 7) is 1.54. The maximum absolute atomic E-state index is 15.4. The first-order valence-corrected chi connectivity index (χ1v) is 12.2. The first-order valence-electron chi connectivity index (χ1n) is 12.2. The van der Waals surface area contributed by atoms with Gasteiger partial charge in [0.15, 0.2) is 5.82 Å². The Balaban J connectivity index is 1.33. The molecule has 34 heavy (non-hydrogen) atoms. The second-order valence-corrected chi connectivity index (χ2v) is 10.3. The van der Waals surface area contributed by atoms with Gasteiger partial charge >= 0.3 is 0 Å². The molecule has 8 heteroatoms. The minimum absolute atomic E-state index is 0.0287. The zero-order valence-electron chi connectivity index (χ0n) is 19.1. The van der Waals surface area contributed by atoms with Crippen molar-refractivity contribution in [1.82, 2.24) is 24.0 Å². The molecule has 174 valence electrons. The molecule has 0 radical (unpaired) electrons. The van der Waals surface area contributed by atoms with Gasteiger partial charge in [0.25, 0.3) is 5.91 Å². The van der Waals surface area contributed by atoms with E-state index in [9.17, 15) is 4.79 Å². The van der Waals surface area contributed by atoms with E-state index >= 15 is 4.39 Å². The number of aromatic nitrogens is 4. The molecule has 3 fully saturated rings. The van der Waals surface area contributed by atoms with Crippen molar-refractivity contribution in [2.75, 3.05) is 6.54 Å². The number of benzene rings is 1. The van der Waals surface area contributed by atoms with E-state index in [0.29, 0.717) is 40.8 Å². The molecule has 1 aliphatic heterocycles. The van der Waals surface area contributed by atoms with Crippen LogP contribution in [0.3, 0.4) is 0 Å². The van der Waals surface area contributed by atoms with Gasteiger partial charge in [-0.3, -0.25) is 4.79 Å². The highest BCUT2D eigenvalue weighted by atomic mass is 19.1. The van der Waals surface area contributed by atoms with Crippen molar-refractivity contribution < 1.29 is 9.18 Å². The van der Waals surface area contributed by atoms with E-state index in [0.717, 1.165) is 36.1 Å². The molecule has 2 saturated carbocycles. The number of fused-ring (bicyclic) bond motifs is 4. The van der Waals surface area contributed by atoms with Crippen LogP contribution in [-0.2, 0) is 13.6 Å². The average Bonchev–Trinajstić information content (AvgIpc) is 3.22. The first kappa shape index (κ1) is 20.1. The highest BCUT2D eigenvalue weighted by Crippen LogP contribution is 2.39. The third-order valence-electron chi connectivity index (χ3n) is 8.11. The van der Waals surface area contributed by atoms with E-state index in [1.54, 1.807) is 16.8 Å². The number of amides is 1. The van der Waals surface area contributed by atoms with Gasteiger partial charge in [0.1, 0.15) is 17.0 Å². The van der Waals surface area contributed by atoms with Gasteiger partial charge in [-0.15, -0.1) is 0 Å². The van der Waals surface area contributed by atoms with Crippen molar-refractivity contribution in [1.29, 1.82) is 0 Å². The van der Waals surface area contributed by atoms with E-state index in [-0.39, 0.29) is 18.0 Å². The van der Waals surface area contributed by atoms with Crippen molar-refractivity contribution in [3.05, 3.63) is 47.9 Å². The second-order valence-electron chi connectivity index (χ2n) is 10.3. The molecular weight excluding hydrogens is 431 g/mol. The Hall–Kier alpha value is -3.26. The number of hydrogen-bond donors (Lipinski definition) is 1. The van der Waals surface area contributed by atoms with Gasteiger partial charge in [-0.2, -0.15) is 0 Å². The fourth-order valence-corrected chi connectivity index (χ4v) is 6.11. The largest absolute Gasteiger partial charge is 0.334 e. The lowest BCUT2D eigenvalue weighted by molar-refractivity contribution is 0.0700. The van der Waals surface area contributed by atoms with Crippen LogP contribution in [-0.4, -0.2) is 48.5 Å². The van der Waals surface area contributed by atoms with Crippen LogP contribution in [0.5, 0.6) is 0 Å². The summed E-state index contributed by atoms with van der Waals surface area (Å²) >= 11 is 0. The number of aryl methyl sites for hydroxylation is 1. The maximum Gasteiger partial charge on any atom is 0.254 e. The summed E-state index contributed by atoms with van der Waals surface area (Å²) in [5.74, 6) is 1.10. The van der Waals surface area contributed by atoms with Crippen LogP contribution in [0.1, 0.15) is 36.0 Å². The normalized spacial score (nSPS) is 24.1. The van der Waals surface area contributed by atoms with Crippen LogP contribution < -0.4 is 5.73 Å². The summed E-state index contributed by atoms with van der Waals surface area (Å²) in [5, 5.41) is 1.04. The van der Waals surface area contributed by atoms with E-state index in [4.69, 9.17) is 10.7 Å². The van der Waals surface area contributed by atoms with Crippen molar-refractivity contribution in [2.45, 2.75) is 44.3 Å². The van der Waals surface area contributed by atoms with E-state index < -0.39 is 5.82 Å². The van der Waals surface area contributed by atoms with Crippen LogP contribution in [0.25, 0.3) is 33.6 Å². The zero-order chi connectivity index (χ0) is 23.1. The number of rotatable bonds is 4. The number of likely N-dealkylation sites (tertiary alicyclic amines) is 1. The Morgan fingerprint density at radius 3 is 2.79 bits per heavy atom. The number of piperidine rings is 1. The number of nitrogens with two attached hydrogens (primary N) is 1. The predicted octanol–water partition coefficient (Wildman–Crippen LogP) is 3.70. The van der Waals surface area contributed by atoms with Crippen LogP contribution in [0, 0.1) is 17.7 Å². The number of halogens is 1.